The molecular formula is C53H97N2O7P. The van der Waals surface area contributed by atoms with E-state index >= 15 is 0 Å². The van der Waals surface area contributed by atoms with E-state index in [1.54, 1.807) is 0 Å². The number of carbonyl (C=O) groups is 2. The third kappa shape index (κ3) is 44.7. The summed E-state index contributed by atoms with van der Waals surface area (Å²) < 4.78 is 30.1. The summed E-state index contributed by atoms with van der Waals surface area (Å²) in [4.78, 5) is 39.6. The standard InChI is InChI=1S/C53H97N2O7P/c1-7-10-13-16-19-22-25-27-28-31-34-37-40-43-46-53(57)62-51(44-41-38-35-32-30-26-23-20-17-14-11-8-2)50(49-61-63(58,59)60-48-47-55(4,5)6)54-52(56)45-42-39-36-33-29-24-21-18-15-12-9-3/h10,13,18-19,21-22,27-28,41,44,50-51H,7-9,11-12,14-17,20,23-26,29-40,42-43,45-49H2,1-6H3,(H-,54,56,58,59)/b13-10+,21-18-,22-19+,28-27+,44-41+. The molecule has 3 unspecified atom stereocenters. The number of likely N-dealkylation sites (N-methyl/N-ethyl adjacent to an activating group) is 1. The van der Waals surface area contributed by atoms with E-state index in [9.17, 15) is 19.0 Å². The minimum absolute atomic E-state index is 0.0293. The molecule has 0 spiro atoms. The van der Waals surface area contributed by atoms with Crippen LogP contribution in [0.4, 0.5) is 0 Å². The number of esters is 1. The van der Waals surface area contributed by atoms with Crippen LogP contribution in [0.1, 0.15) is 213 Å². The first-order valence-corrected chi connectivity index (χ1v) is 27.1. The van der Waals surface area contributed by atoms with Gasteiger partial charge in [0.1, 0.15) is 19.3 Å². The molecule has 0 radical (unpaired) electrons. The van der Waals surface area contributed by atoms with E-state index in [4.69, 9.17) is 13.8 Å². The van der Waals surface area contributed by atoms with E-state index in [0.717, 1.165) is 109 Å². The Morgan fingerprint density at radius 2 is 1.03 bits per heavy atom. The highest BCUT2D eigenvalue weighted by Gasteiger charge is 2.27. The van der Waals surface area contributed by atoms with Crippen LogP contribution in [0.25, 0.3) is 0 Å². The molecule has 0 aromatic rings. The Hall–Kier alpha value is -2.29. The Morgan fingerprint density at radius 1 is 0.571 bits per heavy atom. The first-order chi connectivity index (χ1) is 30.4. The van der Waals surface area contributed by atoms with Crippen LogP contribution in [0, 0.1) is 0 Å². The molecule has 10 heteroatoms. The third-order valence-corrected chi connectivity index (χ3v) is 11.9. The van der Waals surface area contributed by atoms with Crippen LogP contribution in [0.15, 0.2) is 60.8 Å². The zero-order valence-electron chi connectivity index (χ0n) is 41.5. The first-order valence-electron chi connectivity index (χ1n) is 25.6. The first kappa shape index (κ1) is 60.7. The smallest absolute Gasteiger partial charge is 0.306 e. The van der Waals surface area contributed by atoms with Crippen molar-refractivity contribution in [1.82, 2.24) is 5.32 Å². The minimum atomic E-state index is -4.69. The number of phosphoric ester groups is 1. The molecule has 0 bridgehead atoms. The lowest BCUT2D eigenvalue weighted by Gasteiger charge is -2.30. The molecule has 0 aromatic carbocycles. The summed E-state index contributed by atoms with van der Waals surface area (Å²) in [6.07, 6.45) is 51.9. The molecule has 1 amide bonds. The molecular weight excluding hydrogens is 808 g/mol. The zero-order chi connectivity index (χ0) is 46.5. The lowest BCUT2D eigenvalue weighted by molar-refractivity contribution is -0.870. The molecule has 366 valence electrons. The van der Waals surface area contributed by atoms with Gasteiger partial charge in [0.05, 0.1) is 33.8 Å². The van der Waals surface area contributed by atoms with E-state index in [0.29, 0.717) is 23.9 Å². The number of nitrogens with zero attached hydrogens (tertiary/aromatic N) is 1. The molecule has 0 aromatic heterocycles. The van der Waals surface area contributed by atoms with Crippen molar-refractivity contribution in [2.24, 2.45) is 0 Å². The maximum absolute atomic E-state index is 13.4. The van der Waals surface area contributed by atoms with Crippen LogP contribution < -0.4 is 10.2 Å². The van der Waals surface area contributed by atoms with Gasteiger partial charge in [0.25, 0.3) is 7.82 Å². The van der Waals surface area contributed by atoms with Gasteiger partial charge in [0.2, 0.25) is 5.91 Å². The summed E-state index contributed by atoms with van der Waals surface area (Å²) in [6.45, 7) is 6.64. The highest BCUT2D eigenvalue weighted by Crippen LogP contribution is 2.38. The van der Waals surface area contributed by atoms with Crippen molar-refractivity contribution in [3.63, 3.8) is 0 Å². The van der Waals surface area contributed by atoms with Crippen LogP contribution in [0.2, 0.25) is 0 Å². The predicted octanol–water partition coefficient (Wildman–Crippen LogP) is 14.1. The van der Waals surface area contributed by atoms with Gasteiger partial charge in [-0.05, 0) is 83.1 Å². The molecule has 0 rings (SSSR count). The highest BCUT2D eigenvalue weighted by atomic mass is 31.2. The normalized spacial score (nSPS) is 14.5. The Labute approximate surface area is 388 Å². The third-order valence-electron chi connectivity index (χ3n) is 10.9. The fourth-order valence-electron chi connectivity index (χ4n) is 6.93. The summed E-state index contributed by atoms with van der Waals surface area (Å²) in [7, 11) is 1.16. The average molecular weight is 905 g/mol. The molecule has 0 saturated carbocycles. The topological polar surface area (TPSA) is 114 Å². The second kappa shape index (κ2) is 43.6. The van der Waals surface area contributed by atoms with Crippen molar-refractivity contribution in [3.05, 3.63) is 60.8 Å². The van der Waals surface area contributed by atoms with Gasteiger partial charge in [-0.2, -0.15) is 0 Å². The van der Waals surface area contributed by atoms with Crippen molar-refractivity contribution < 1.29 is 37.3 Å². The van der Waals surface area contributed by atoms with Gasteiger partial charge in [-0.15, -0.1) is 0 Å². The second-order valence-corrected chi connectivity index (χ2v) is 19.7. The average Bonchev–Trinajstić information content (AvgIpc) is 3.23. The maximum Gasteiger partial charge on any atom is 0.306 e. The monoisotopic (exact) mass is 905 g/mol. The van der Waals surface area contributed by atoms with Crippen molar-refractivity contribution in [3.8, 4) is 0 Å². The lowest BCUT2D eigenvalue weighted by Crippen LogP contribution is -2.47. The van der Waals surface area contributed by atoms with Crippen LogP contribution in [-0.4, -0.2) is 69.4 Å². The number of hydrogen-bond donors (Lipinski definition) is 1. The van der Waals surface area contributed by atoms with E-state index in [2.05, 4.69) is 74.7 Å². The Morgan fingerprint density at radius 3 is 1.59 bits per heavy atom. The van der Waals surface area contributed by atoms with Crippen molar-refractivity contribution in [1.29, 1.82) is 0 Å². The van der Waals surface area contributed by atoms with Crippen LogP contribution in [-0.2, 0) is 27.9 Å². The lowest BCUT2D eigenvalue weighted by atomic mass is 10.0. The quantitative estimate of drug-likeness (QED) is 0.0213. The SMILES string of the molecule is CC/C=C/C/C=C/C/C=C/CCCCCCC(=O)OC(/C=C/CCCCCCCCCCCC)C(COP(=O)([O-])OCC[N+](C)(C)C)NC(=O)CCCCCCC/C=C\CCCC. The summed E-state index contributed by atoms with van der Waals surface area (Å²) in [5, 5.41) is 2.99. The van der Waals surface area contributed by atoms with Gasteiger partial charge < -0.3 is 28.5 Å². The number of quaternary nitrogens is 1. The van der Waals surface area contributed by atoms with E-state index in [-0.39, 0.29) is 24.9 Å². The Bertz CT molecular complexity index is 1270. The fourth-order valence-corrected chi connectivity index (χ4v) is 7.65. The van der Waals surface area contributed by atoms with Crippen molar-refractivity contribution in [2.75, 3.05) is 40.9 Å². The predicted molar refractivity (Wildman–Crippen MR) is 265 cm³/mol. The van der Waals surface area contributed by atoms with Gasteiger partial charge >= 0.3 is 5.97 Å². The minimum Gasteiger partial charge on any atom is -0.756 e. The van der Waals surface area contributed by atoms with Crippen LogP contribution in [0.3, 0.4) is 0 Å². The van der Waals surface area contributed by atoms with Crippen LogP contribution in [0.5, 0.6) is 0 Å². The molecule has 3 atom stereocenters. The molecule has 0 fully saturated rings. The molecule has 0 heterocycles. The Kier molecular flexibility index (Phi) is 42.0. The molecule has 1 N–H and O–H groups in total. The molecule has 63 heavy (non-hydrogen) atoms. The van der Waals surface area contributed by atoms with Gasteiger partial charge in [-0.25, -0.2) is 0 Å². The highest BCUT2D eigenvalue weighted by molar-refractivity contribution is 7.45. The molecule has 0 aliphatic heterocycles. The van der Waals surface area contributed by atoms with Crippen LogP contribution >= 0.6 is 7.82 Å². The summed E-state index contributed by atoms with van der Waals surface area (Å²) >= 11 is 0. The molecule has 0 aliphatic carbocycles. The number of ether oxygens (including phenoxy) is 1. The fraction of sp³-hybridized carbons (Fsp3) is 0.774. The molecule has 9 nitrogen and oxygen atoms in total. The Balaban J connectivity index is 5.50. The summed E-state index contributed by atoms with van der Waals surface area (Å²) in [5.74, 6) is -0.583. The number of hydrogen-bond acceptors (Lipinski definition) is 7. The number of carbonyl (C=O) groups excluding carboxylic acids is 2. The zero-order valence-corrected chi connectivity index (χ0v) is 42.4. The number of rotatable bonds is 45. The largest absolute Gasteiger partial charge is 0.756 e. The van der Waals surface area contributed by atoms with E-state index in [1.165, 1.54) is 64.2 Å². The molecule has 0 saturated heterocycles. The van der Waals surface area contributed by atoms with Crippen molar-refractivity contribution in [2.45, 2.75) is 226 Å². The van der Waals surface area contributed by atoms with Gasteiger partial charge in [-0.1, -0.05) is 178 Å². The summed E-state index contributed by atoms with van der Waals surface area (Å²) in [5.41, 5.74) is 0. The van der Waals surface area contributed by atoms with Gasteiger partial charge in [-0.3, -0.25) is 14.2 Å². The van der Waals surface area contributed by atoms with Crippen molar-refractivity contribution >= 4 is 19.7 Å². The second-order valence-electron chi connectivity index (χ2n) is 18.3. The number of unbranched alkanes of at least 4 members (excludes halogenated alkanes) is 21. The van der Waals surface area contributed by atoms with Gasteiger partial charge in [0, 0.05) is 12.8 Å². The molecule has 0 aliphatic rings. The number of nitrogens with one attached hydrogen (secondary N) is 1. The van der Waals surface area contributed by atoms with E-state index < -0.39 is 26.6 Å². The summed E-state index contributed by atoms with van der Waals surface area (Å²) in [6, 6.07) is -0.899. The number of phosphoric acid groups is 1. The number of allylic oxidation sites excluding steroid dienone is 9. The maximum atomic E-state index is 13.4. The van der Waals surface area contributed by atoms with E-state index in [1.807, 2.05) is 33.3 Å². The number of amides is 1. The van der Waals surface area contributed by atoms with Gasteiger partial charge in [0.15, 0.2) is 0 Å².